The third-order valence-electron chi connectivity index (χ3n) is 3.29. The lowest BCUT2D eigenvalue weighted by molar-refractivity contribution is 0.171. The molecule has 2 aromatic rings. The van der Waals surface area contributed by atoms with Crippen LogP contribution in [0.2, 0.25) is 0 Å². The van der Waals surface area contributed by atoms with Gasteiger partial charge in [-0.2, -0.15) is 0 Å². The summed E-state index contributed by atoms with van der Waals surface area (Å²) in [7, 11) is -3.47. The highest BCUT2D eigenvalue weighted by Crippen LogP contribution is 2.33. The molecule has 0 radical (unpaired) electrons. The predicted octanol–water partition coefficient (Wildman–Crippen LogP) is 2.71. The SMILES string of the molecule is Cc1ccc(CS(=O)(=O)Nc2ccc3c(c2)OCCO3)cc1. The first-order valence-electron chi connectivity index (χ1n) is 6.97. The molecule has 0 aliphatic carbocycles. The molecular formula is C16H17NO4S. The molecule has 0 atom stereocenters. The number of benzene rings is 2. The maximum Gasteiger partial charge on any atom is 0.236 e. The third kappa shape index (κ3) is 3.51. The Hall–Kier alpha value is -2.21. The number of rotatable bonds is 4. The highest BCUT2D eigenvalue weighted by molar-refractivity contribution is 7.91. The maximum absolute atomic E-state index is 12.2. The molecule has 0 fully saturated rings. The minimum absolute atomic E-state index is 0.0677. The molecule has 0 saturated carbocycles. The van der Waals surface area contributed by atoms with E-state index in [4.69, 9.17) is 9.47 Å². The van der Waals surface area contributed by atoms with Crippen LogP contribution in [0.4, 0.5) is 5.69 Å². The van der Waals surface area contributed by atoms with Gasteiger partial charge in [-0.1, -0.05) is 29.8 Å². The fraction of sp³-hybridized carbons (Fsp3) is 0.250. The van der Waals surface area contributed by atoms with Crippen molar-refractivity contribution in [1.29, 1.82) is 0 Å². The monoisotopic (exact) mass is 319 g/mol. The Morgan fingerprint density at radius 1 is 1.00 bits per heavy atom. The first kappa shape index (κ1) is 14.7. The van der Waals surface area contributed by atoms with Gasteiger partial charge in [-0.15, -0.1) is 0 Å². The number of ether oxygens (including phenoxy) is 2. The van der Waals surface area contributed by atoms with Gasteiger partial charge in [-0.05, 0) is 24.6 Å². The molecule has 0 amide bonds. The van der Waals surface area contributed by atoms with Gasteiger partial charge in [0.2, 0.25) is 10.0 Å². The largest absolute Gasteiger partial charge is 0.486 e. The van der Waals surface area contributed by atoms with Crippen molar-refractivity contribution in [3.63, 3.8) is 0 Å². The van der Waals surface area contributed by atoms with Gasteiger partial charge >= 0.3 is 0 Å². The topological polar surface area (TPSA) is 64.6 Å². The Morgan fingerprint density at radius 3 is 2.41 bits per heavy atom. The zero-order valence-corrected chi connectivity index (χ0v) is 13.0. The molecule has 1 aliphatic heterocycles. The minimum atomic E-state index is -3.47. The van der Waals surface area contributed by atoms with Crippen LogP contribution < -0.4 is 14.2 Å². The van der Waals surface area contributed by atoms with Crippen LogP contribution in [0.25, 0.3) is 0 Å². The summed E-state index contributed by atoms with van der Waals surface area (Å²) < 4.78 is 37.9. The van der Waals surface area contributed by atoms with Gasteiger partial charge in [0, 0.05) is 6.07 Å². The summed E-state index contributed by atoms with van der Waals surface area (Å²) in [5, 5.41) is 0. The predicted molar refractivity (Wildman–Crippen MR) is 84.9 cm³/mol. The highest BCUT2D eigenvalue weighted by atomic mass is 32.2. The van der Waals surface area contributed by atoms with Crippen LogP contribution in [-0.4, -0.2) is 21.6 Å². The number of fused-ring (bicyclic) bond motifs is 1. The third-order valence-corrected chi connectivity index (χ3v) is 4.55. The second-order valence-corrected chi connectivity index (χ2v) is 6.93. The number of hydrogen-bond donors (Lipinski definition) is 1. The standard InChI is InChI=1S/C16H17NO4S/c1-12-2-4-13(5-3-12)11-22(18,19)17-14-6-7-15-16(10-14)21-9-8-20-15/h2-7,10,17H,8-9,11H2,1H3. The number of sulfonamides is 1. The van der Waals surface area contributed by atoms with Crippen molar-refractivity contribution in [2.45, 2.75) is 12.7 Å². The lowest BCUT2D eigenvalue weighted by Crippen LogP contribution is -2.17. The van der Waals surface area contributed by atoms with E-state index < -0.39 is 10.0 Å². The van der Waals surface area contributed by atoms with Crippen molar-refractivity contribution >= 4 is 15.7 Å². The fourth-order valence-corrected chi connectivity index (χ4v) is 3.42. The lowest BCUT2D eigenvalue weighted by atomic mass is 10.2. The second kappa shape index (κ2) is 5.88. The molecule has 116 valence electrons. The molecule has 0 bridgehead atoms. The maximum atomic E-state index is 12.2. The first-order valence-corrected chi connectivity index (χ1v) is 8.63. The van der Waals surface area contributed by atoms with Gasteiger partial charge in [0.25, 0.3) is 0 Å². The van der Waals surface area contributed by atoms with Crippen LogP contribution in [-0.2, 0) is 15.8 Å². The summed E-state index contributed by atoms with van der Waals surface area (Å²) in [6.45, 7) is 2.93. The average Bonchev–Trinajstić information content (AvgIpc) is 2.49. The van der Waals surface area contributed by atoms with Gasteiger partial charge in [0.1, 0.15) is 13.2 Å². The number of anilines is 1. The average molecular weight is 319 g/mol. The molecule has 0 aromatic heterocycles. The molecule has 1 aliphatic rings. The Morgan fingerprint density at radius 2 is 1.68 bits per heavy atom. The Bertz CT molecular complexity index is 769. The van der Waals surface area contributed by atoms with Crippen LogP contribution in [0.15, 0.2) is 42.5 Å². The van der Waals surface area contributed by atoms with E-state index in [1.54, 1.807) is 18.2 Å². The molecule has 22 heavy (non-hydrogen) atoms. The molecular weight excluding hydrogens is 302 g/mol. The van der Waals surface area contributed by atoms with Crippen molar-refractivity contribution in [1.82, 2.24) is 0 Å². The minimum Gasteiger partial charge on any atom is -0.486 e. The highest BCUT2D eigenvalue weighted by Gasteiger charge is 2.15. The zero-order chi connectivity index (χ0) is 15.6. The molecule has 5 nitrogen and oxygen atoms in total. The van der Waals surface area contributed by atoms with Crippen LogP contribution in [0.3, 0.4) is 0 Å². The van der Waals surface area contributed by atoms with E-state index in [1.807, 2.05) is 31.2 Å². The van der Waals surface area contributed by atoms with Crippen LogP contribution in [0.5, 0.6) is 11.5 Å². The van der Waals surface area contributed by atoms with E-state index in [9.17, 15) is 8.42 Å². The summed E-state index contributed by atoms with van der Waals surface area (Å²) in [6, 6.07) is 12.4. The second-order valence-electron chi connectivity index (χ2n) is 5.21. The van der Waals surface area contributed by atoms with Crippen molar-refractivity contribution in [2.75, 3.05) is 17.9 Å². The molecule has 1 heterocycles. The van der Waals surface area contributed by atoms with Gasteiger partial charge in [0.15, 0.2) is 11.5 Å². The Labute approximate surface area is 129 Å². The summed E-state index contributed by atoms with van der Waals surface area (Å²) in [5.41, 5.74) is 2.31. The van der Waals surface area contributed by atoms with Crippen molar-refractivity contribution in [2.24, 2.45) is 0 Å². The molecule has 6 heteroatoms. The smallest absolute Gasteiger partial charge is 0.236 e. The van der Waals surface area contributed by atoms with Gasteiger partial charge in [-0.25, -0.2) is 8.42 Å². The van der Waals surface area contributed by atoms with E-state index in [-0.39, 0.29) is 5.75 Å². The summed E-state index contributed by atoms with van der Waals surface area (Å²) in [4.78, 5) is 0. The lowest BCUT2D eigenvalue weighted by Gasteiger charge is -2.19. The van der Waals surface area contributed by atoms with Crippen LogP contribution >= 0.6 is 0 Å². The van der Waals surface area contributed by atoms with Gasteiger partial charge < -0.3 is 9.47 Å². The fourth-order valence-electron chi connectivity index (χ4n) is 2.23. The first-order chi connectivity index (χ1) is 10.5. The zero-order valence-electron chi connectivity index (χ0n) is 12.2. The van der Waals surface area contributed by atoms with Crippen molar-refractivity contribution < 1.29 is 17.9 Å². The Balaban J connectivity index is 1.75. The number of nitrogens with one attached hydrogen (secondary N) is 1. The summed E-state index contributed by atoms with van der Waals surface area (Å²) >= 11 is 0. The van der Waals surface area contributed by atoms with Crippen molar-refractivity contribution in [3.05, 3.63) is 53.6 Å². The van der Waals surface area contributed by atoms with E-state index in [0.717, 1.165) is 11.1 Å². The summed E-state index contributed by atoms with van der Waals surface area (Å²) in [6.07, 6.45) is 0. The van der Waals surface area contributed by atoms with Crippen LogP contribution in [0, 0.1) is 6.92 Å². The van der Waals surface area contributed by atoms with E-state index in [1.165, 1.54) is 0 Å². The molecule has 0 spiro atoms. The molecule has 1 N–H and O–H groups in total. The molecule has 0 saturated heterocycles. The molecule has 2 aromatic carbocycles. The normalized spacial score (nSPS) is 13.7. The van der Waals surface area contributed by atoms with Gasteiger partial charge in [0.05, 0.1) is 11.4 Å². The molecule has 3 rings (SSSR count). The summed E-state index contributed by atoms with van der Waals surface area (Å²) in [5.74, 6) is 1.12. The number of aryl methyl sites for hydroxylation is 1. The Kier molecular flexibility index (Phi) is 3.94. The van der Waals surface area contributed by atoms with E-state index in [0.29, 0.717) is 30.4 Å². The van der Waals surface area contributed by atoms with Gasteiger partial charge in [-0.3, -0.25) is 4.72 Å². The quantitative estimate of drug-likeness (QED) is 0.941. The van der Waals surface area contributed by atoms with E-state index >= 15 is 0 Å². The van der Waals surface area contributed by atoms with Crippen molar-refractivity contribution in [3.8, 4) is 11.5 Å². The van der Waals surface area contributed by atoms with E-state index in [2.05, 4.69) is 4.72 Å². The van der Waals surface area contributed by atoms with Crippen LogP contribution in [0.1, 0.15) is 11.1 Å². The molecule has 0 unspecified atom stereocenters. The number of hydrogen-bond acceptors (Lipinski definition) is 4.